The zero-order chi connectivity index (χ0) is 18.7. The molecule has 140 valence electrons. The maximum atomic E-state index is 12.7. The van der Waals surface area contributed by atoms with Crippen LogP contribution in [-0.4, -0.2) is 46.3 Å². The number of hydrogen-bond donors (Lipinski definition) is 0. The molecular weight excluding hydrogens is 324 g/mol. The Labute approximate surface area is 156 Å². The highest BCUT2D eigenvalue weighted by atomic mass is 16.2. The van der Waals surface area contributed by atoms with E-state index in [-0.39, 0.29) is 11.9 Å². The van der Waals surface area contributed by atoms with Gasteiger partial charge in [-0.3, -0.25) is 9.48 Å². The Morgan fingerprint density at radius 3 is 2.62 bits per heavy atom. The van der Waals surface area contributed by atoms with Crippen molar-refractivity contribution < 1.29 is 4.79 Å². The van der Waals surface area contributed by atoms with Crippen molar-refractivity contribution >= 4 is 11.6 Å². The summed E-state index contributed by atoms with van der Waals surface area (Å²) in [7, 11) is 0. The van der Waals surface area contributed by atoms with E-state index in [9.17, 15) is 4.79 Å². The lowest BCUT2D eigenvalue weighted by Gasteiger charge is -2.41. The predicted molar refractivity (Wildman–Crippen MR) is 106 cm³/mol. The van der Waals surface area contributed by atoms with Gasteiger partial charge >= 0.3 is 0 Å². The second-order valence-electron chi connectivity index (χ2n) is 7.42. The average molecular weight is 354 g/mol. The van der Waals surface area contributed by atoms with Crippen molar-refractivity contribution in [3.63, 3.8) is 0 Å². The average Bonchev–Trinajstić information content (AvgIpc) is 2.92. The fourth-order valence-electron chi connectivity index (χ4n) is 3.89. The molecule has 0 unspecified atom stereocenters. The van der Waals surface area contributed by atoms with E-state index >= 15 is 0 Å². The largest absolute Gasteiger partial charge is 0.367 e. The summed E-state index contributed by atoms with van der Waals surface area (Å²) in [6, 6.07) is 10.8. The van der Waals surface area contributed by atoms with E-state index in [1.165, 1.54) is 11.3 Å². The summed E-state index contributed by atoms with van der Waals surface area (Å²) in [5.74, 6) is 0.267. The highest BCUT2D eigenvalue weighted by Gasteiger charge is 2.27. The van der Waals surface area contributed by atoms with Crippen molar-refractivity contribution in [3.8, 4) is 0 Å². The lowest BCUT2D eigenvalue weighted by Crippen LogP contribution is -2.54. The van der Waals surface area contributed by atoms with Crippen LogP contribution in [0.25, 0.3) is 0 Å². The third-order valence-electron chi connectivity index (χ3n) is 5.27. The maximum Gasteiger partial charge on any atom is 0.222 e. The minimum absolute atomic E-state index is 0.240. The molecule has 0 radical (unpaired) electrons. The van der Waals surface area contributed by atoms with Crippen molar-refractivity contribution in [2.45, 2.75) is 53.1 Å². The summed E-state index contributed by atoms with van der Waals surface area (Å²) in [6.45, 7) is 11.8. The first kappa shape index (κ1) is 18.5. The highest BCUT2D eigenvalue weighted by molar-refractivity contribution is 5.77. The summed E-state index contributed by atoms with van der Waals surface area (Å²) in [5.41, 5.74) is 4.78. The van der Waals surface area contributed by atoms with Crippen molar-refractivity contribution in [2.24, 2.45) is 0 Å². The van der Waals surface area contributed by atoms with Crippen LogP contribution in [0.2, 0.25) is 0 Å². The lowest BCUT2D eigenvalue weighted by molar-refractivity contribution is -0.133. The van der Waals surface area contributed by atoms with Crippen LogP contribution < -0.4 is 4.90 Å². The van der Waals surface area contributed by atoms with E-state index in [0.29, 0.717) is 6.42 Å². The van der Waals surface area contributed by atoms with Gasteiger partial charge in [0.2, 0.25) is 5.91 Å². The monoisotopic (exact) mass is 354 g/mol. The van der Waals surface area contributed by atoms with Crippen molar-refractivity contribution in [3.05, 3.63) is 47.3 Å². The van der Waals surface area contributed by atoms with E-state index in [2.05, 4.69) is 66.0 Å². The molecule has 2 aromatic rings. The molecular formula is C21H30N4O. The van der Waals surface area contributed by atoms with Crippen LogP contribution in [0.5, 0.6) is 0 Å². The number of piperazine rings is 1. The highest BCUT2D eigenvalue weighted by Crippen LogP contribution is 2.23. The third-order valence-corrected chi connectivity index (χ3v) is 5.27. The molecule has 0 aliphatic carbocycles. The molecule has 1 atom stereocenters. The van der Waals surface area contributed by atoms with Gasteiger partial charge in [0.15, 0.2) is 0 Å². The van der Waals surface area contributed by atoms with Gasteiger partial charge in [-0.1, -0.05) is 18.2 Å². The lowest BCUT2D eigenvalue weighted by atomic mass is 10.1. The number of rotatable bonds is 5. The van der Waals surface area contributed by atoms with Gasteiger partial charge in [-0.2, -0.15) is 5.10 Å². The van der Waals surface area contributed by atoms with Gasteiger partial charge in [0.05, 0.1) is 5.69 Å². The Balaban J connectivity index is 1.51. The Hall–Kier alpha value is -2.30. The fraction of sp³-hybridized carbons (Fsp3) is 0.524. The zero-order valence-corrected chi connectivity index (χ0v) is 16.4. The van der Waals surface area contributed by atoms with Gasteiger partial charge in [0.25, 0.3) is 0 Å². The van der Waals surface area contributed by atoms with E-state index in [4.69, 9.17) is 0 Å². The quantitative estimate of drug-likeness (QED) is 0.827. The molecule has 2 heterocycles. The first-order valence-electron chi connectivity index (χ1n) is 9.57. The summed E-state index contributed by atoms with van der Waals surface area (Å²) in [5, 5.41) is 4.47. The SMILES string of the molecule is Cc1cc(C)n(CCCC(=O)N2CCN(c3ccccc3C)C[C@H]2C)n1. The Kier molecular flexibility index (Phi) is 5.64. The van der Waals surface area contributed by atoms with Crippen molar-refractivity contribution in [1.82, 2.24) is 14.7 Å². The molecule has 1 amide bonds. The number of nitrogens with zero attached hydrogens (tertiary/aromatic N) is 4. The third kappa shape index (κ3) is 4.09. The first-order valence-corrected chi connectivity index (χ1v) is 9.57. The number of hydrogen-bond acceptors (Lipinski definition) is 3. The molecule has 1 aromatic heterocycles. The second kappa shape index (κ2) is 7.94. The normalized spacial score (nSPS) is 17.6. The number of anilines is 1. The molecule has 1 aliphatic rings. The summed E-state index contributed by atoms with van der Waals surface area (Å²) >= 11 is 0. The van der Waals surface area contributed by atoms with Crippen molar-refractivity contribution in [1.29, 1.82) is 0 Å². The summed E-state index contributed by atoms with van der Waals surface area (Å²) in [6.07, 6.45) is 1.43. The molecule has 26 heavy (non-hydrogen) atoms. The van der Waals surface area contributed by atoms with E-state index < -0.39 is 0 Å². The summed E-state index contributed by atoms with van der Waals surface area (Å²) < 4.78 is 2.00. The summed E-state index contributed by atoms with van der Waals surface area (Å²) in [4.78, 5) is 17.1. The number of aryl methyl sites for hydroxylation is 4. The van der Waals surface area contributed by atoms with Gasteiger partial charge in [0.1, 0.15) is 0 Å². The van der Waals surface area contributed by atoms with E-state index in [1.54, 1.807) is 0 Å². The topological polar surface area (TPSA) is 41.4 Å². The van der Waals surface area contributed by atoms with Gasteiger partial charge in [-0.15, -0.1) is 0 Å². The molecule has 5 nitrogen and oxygen atoms in total. The molecule has 5 heteroatoms. The van der Waals surface area contributed by atoms with Gasteiger partial charge < -0.3 is 9.80 Å². The number of para-hydroxylation sites is 1. The molecule has 1 saturated heterocycles. The Morgan fingerprint density at radius 1 is 1.19 bits per heavy atom. The minimum atomic E-state index is 0.240. The number of amides is 1. The maximum absolute atomic E-state index is 12.7. The van der Waals surface area contributed by atoms with Gasteiger partial charge in [-0.05, 0) is 51.8 Å². The molecule has 0 saturated carbocycles. The van der Waals surface area contributed by atoms with Crippen LogP contribution in [0.1, 0.15) is 36.7 Å². The molecule has 0 N–H and O–H groups in total. The van der Waals surface area contributed by atoms with Crippen LogP contribution in [-0.2, 0) is 11.3 Å². The molecule has 0 bridgehead atoms. The first-order chi connectivity index (χ1) is 12.5. The molecule has 1 fully saturated rings. The van der Waals surface area contributed by atoms with E-state index in [1.807, 2.05) is 11.6 Å². The molecule has 1 aliphatic heterocycles. The smallest absolute Gasteiger partial charge is 0.222 e. The van der Waals surface area contributed by atoms with Crippen LogP contribution in [0.15, 0.2) is 30.3 Å². The van der Waals surface area contributed by atoms with E-state index in [0.717, 1.165) is 44.0 Å². The molecule has 3 rings (SSSR count). The Bertz CT molecular complexity index is 767. The van der Waals surface area contributed by atoms with Gasteiger partial charge in [-0.25, -0.2) is 0 Å². The molecule has 0 spiro atoms. The number of benzene rings is 1. The second-order valence-corrected chi connectivity index (χ2v) is 7.42. The Morgan fingerprint density at radius 2 is 1.96 bits per heavy atom. The van der Waals surface area contributed by atoms with Crippen LogP contribution in [0, 0.1) is 20.8 Å². The van der Waals surface area contributed by atoms with Crippen LogP contribution in [0.3, 0.4) is 0 Å². The van der Waals surface area contributed by atoms with Gasteiger partial charge in [0, 0.05) is 50.0 Å². The standard InChI is InChI=1S/C21H30N4O/c1-16-8-5-6-9-20(16)23-12-13-24(19(4)15-23)21(26)10-7-11-25-18(3)14-17(2)22-25/h5-6,8-9,14,19H,7,10-13,15H2,1-4H3/t19-/m1/s1. The minimum Gasteiger partial charge on any atom is -0.367 e. The molecule has 1 aromatic carbocycles. The number of aromatic nitrogens is 2. The number of carbonyl (C=O) groups excluding carboxylic acids is 1. The fourth-order valence-corrected chi connectivity index (χ4v) is 3.89. The van der Waals surface area contributed by atoms with Crippen LogP contribution >= 0.6 is 0 Å². The van der Waals surface area contributed by atoms with Crippen molar-refractivity contribution in [2.75, 3.05) is 24.5 Å². The zero-order valence-electron chi connectivity index (χ0n) is 16.4. The van der Waals surface area contributed by atoms with Crippen LogP contribution in [0.4, 0.5) is 5.69 Å². The predicted octanol–water partition coefficient (Wildman–Crippen LogP) is 3.33. The number of carbonyl (C=O) groups is 1.